The monoisotopic (exact) mass is 1400 g/mol. The molecule has 1 aliphatic carbocycles. The first-order valence-electron chi connectivity index (χ1n) is 28.4. The number of aliphatic carboxylic acids is 8. The molecule has 0 heterocycles. The summed E-state index contributed by atoms with van der Waals surface area (Å²) in [6.45, 7) is 3.10. The van der Waals surface area contributed by atoms with Gasteiger partial charge in [-0.15, -0.1) is 0 Å². The molecule has 8 N–H and O–H groups in total. The van der Waals surface area contributed by atoms with Crippen LogP contribution in [0.2, 0.25) is 0 Å². The molecule has 0 unspecified atom stereocenters. The number of benzene rings is 4. The van der Waals surface area contributed by atoms with Gasteiger partial charge >= 0.3 is 72.2 Å². The molecule has 500 valence electrons. The van der Waals surface area contributed by atoms with Crippen LogP contribution in [0.3, 0.4) is 0 Å². The third-order valence-corrected chi connectivity index (χ3v) is 14.1. The van der Waals surface area contributed by atoms with E-state index in [1.807, 2.05) is 117 Å². The van der Waals surface area contributed by atoms with E-state index in [4.69, 9.17) is 0 Å². The number of carbonyl (C=O) groups is 8. The minimum absolute atomic E-state index is 0. The second kappa shape index (κ2) is 45.5. The van der Waals surface area contributed by atoms with E-state index in [9.17, 15) is 79.2 Å². The van der Waals surface area contributed by atoms with Gasteiger partial charge in [0.2, 0.25) is 0 Å². The molecule has 5 rings (SSSR count). The number of carboxylic acids is 8. The summed E-state index contributed by atoms with van der Waals surface area (Å²) in [5, 5.41) is 75.1. The van der Waals surface area contributed by atoms with Gasteiger partial charge in [-0.05, 0) is 148 Å². The van der Waals surface area contributed by atoms with E-state index in [2.05, 4.69) is 34.1 Å². The van der Waals surface area contributed by atoms with E-state index in [-0.39, 0.29) is 104 Å². The molecule has 0 amide bonds. The van der Waals surface area contributed by atoms with Crippen molar-refractivity contribution < 1.29 is 107 Å². The summed E-state index contributed by atoms with van der Waals surface area (Å²) >= 11 is 0. The Morgan fingerprint density at radius 2 is 0.363 bits per heavy atom. The summed E-state index contributed by atoms with van der Waals surface area (Å²) in [7, 11) is 0. The molecule has 0 spiro atoms. The van der Waals surface area contributed by atoms with Crippen LogP contribution < -0.4 is 57.6 Å². The number of nitrogens with zero attached hydrogens (tertiary/aromatic N) is 6. The van der Waals surface area contributed by atoms with Crippen molar-refractivity contribution in [1.82, 2.24) is 0 Å². The van der Waals surface area contributed by atoms with Gasteiger partial charge in [-0.2, -0.15) is 0 Å². The summed E-state index contributed by atoms with van der Waals surface area (Å²) in [5.74, 6) is -7.48. The third kappa shape index (κ3) is 30.6. The van der Waals surface area contributed by atoms with Gasteiger partial charge in [0.05, 0.1) is 12.1 Å². The quantitative estimate of drug-likeness (QED) is 0.0116. The summed E-state index contributed by atoms with van der Waals surface area (Å²) in [6, 6.07) is 30.1. The van der Waals surface area contributed by atoms with Crippen LogP contribution in [0.5, 0.6) is 0 Å². The Bertz CT molecular complexity index is 2430. The van der Waals surface area contributed by atoms with Crippen molar-refractivity contribution in [2.45, 2.75) is 115 Å². The van der Waals surface area contributed by atoms with E-state index in [1.165, 1.54) is 0 Å². The molecule has 91 heavy (non-hydrogen) atoms. The molecule has 0 saturated carbocycles. The molecular weight excluding hydrogens is 1320 g/mol. The molecule has 0 aromatic heterocycles. The zero-order chi connectivity index (χ0) is 61.0. The van der Waals surface area contributed by atoms with Gasteiger partial charge in [-0.1, -0.05) is 24.3 Å². The van der Waals surface area contributed by atoms with E-state index in [0.29, 0.717) is 104 Å². The fourth-order valence-electron chi connectivity index (χ4n) is 10.1. The predicted octanol–water partition coefficient (Wildman–Crippen LogP) is -8.69. The molecule has 1 aliphatic rings. The molecule has 29 heteroatoms. The van der Waals surface area contributed by atoms with Crippen LogP contribution in [0.1, 0.15) is 103 Å². The molecule has 4 aromatic carbocycles. The molecule has 22 nitrogen and oxygen atoms in total. The van der Waals surface area contributed by atoms with Gasteiger partial charge in [0, 0.05) is 149 Å². The predicted molar refractivity (Wildman–Crippen MR) is 325 cm³/mol. The molecule has 0 atom stereocenters. The van der Waals surface area contributed by atoms with E-state index < -0.39 is 59.8 Å². The number of hydrogen-bond donors (Lipinski definition) is 8. The van der Waals surface area contributed by atoms with Crippen LogP contribution in [0.25, 0.3) is 0 Å². The minimum atomic E-state index is -0.935. The topological polar surface area (TPSA) is 318 Å². The van der Waals surface area contributed by atoms with Crippen molar-refractivity contribution in [3.8, 4) is 0 Å². The zero-order valence-corrected chi connectivity index (χ0v) is 52.5. The second-order valence-corrected chi connectivity index (χ2v) is 20.5. The van der Waals surface area contributed by atoms with E-state index >= 15 is 0 Å². The average Bonchev–Trinajstić information content (AvgIpc) is 1.01. The largest absolute Gasteiger partial charge is 5.00 e. The minimum Gasteiger partial charge on any atom is -1.00 e. The Morgan fingerprint density at radius 3 is 0.484 bits per heavy atom. The first-order chi connectivity index (χ1) is 40.3. The first-order valence-corrected chi connectivity index (χ1v) is 28.4. The summed E-state index contributed by atoms with van der Waals surface area (Å²) in [4.78, 5) is 104. The fourth-order valence-corrected chi connectivity index (χ4v) is 10.1. The van der Waals surface area contributed by atoms with E-state index in [1.54, 1.807) is 0 Å². The molecule has 0 fully saturated rings. The number of carboxylic acid groups (broad SMARTS) is 8. The van der Waals surface area contributed by atoms with Gasteiger partial charge in [-0.25, -0.2) is 0 Å². The maximum atomic E-state index is 11.5. The number of anilines is 8. The third-order valence-electron chi connectivity index (χ3n) is 14.1. The summed E-state index contributed by atoms with van der Waals surface area (Å²) in [5.41, 5.74) is 6.20. The molecule has 0 aliphatic heterocycles. The Labute approximate surface area is 540 Å². The van der Waals surface area contributed by atoms with Crippen LogP contribution >= 0.6 is 0 Å². The van der Waals surface area contributed by atoms with Crippen molar-refractivity contribution in [1.29, 1.82) is 0 Å². The van der Waals surface area contributed by atoms with Crippen molar-refractivity contribution >= 4 is 118 Å². The standard InChI is InChI=1S/C62H78N6O16.6FH.Sb/c69-55(70)9-1-37-63(38-2-10-56(71)72)45-17-25-49(26-18-45)67(50-27-19-46(20-28-50)64(39-3-11-57(73)74)40-4-12-58(75)76)53-33-35-54(36-34-53)68(51-29-21-47(22-30-51)65(41-5-13-59(77)78)42-6-14-60(79)80)52-31-23-48(24-32-52)66(43-7-15-61(81)82)44-8-16-62(83)84;;;;;;;/h17-36,53-54H,1-16,37-44H2,(H,69,70)(H,71,72)(H,73,74)(H,75,76)(H,77,78)(H,79,80)(H,81,82)(H,83,84);6*1H;/q;;;;;;;+5/p-6. The zero-order valence-electron chi connectivity index (χ0n) is 49.9. The van der Waals surface area contributed by atoms with Crippen LogP contribution in [-0.4, -0.2) is 177 Å². The van der Waals surface area contributed by atoms with Gasteiger partial charge in [0.15, 0.2) is 0 Å². The Balaban J connectivity index is -0.0000111. The SMILES string of the molecule is O=C(O)CCCN(CCCC(=O)O)c1ccc(N(c2ccc(N(CCCC(=O)O)CCCC(=O)O)cc2)C2C=CC(N(c3ccc(N(CCCC(=O)O)CCCC(=O)O)cc3)c3ccc(N(CCCC(=O)O)CCCC(=O)O)cc3)C=C2)cc1.[F-].[F-].[F-].[F-].[F-].[F-].[Sb+5]. The van der Waals surface area contributed by atoms with Gasteiger partial charge < -0.3 is 98.5 Å². The van der Waals surface area contributed by atoms with Crippen molar-refractivity contribution in [3.05, 3.63) is 121 Å². The number of rotatable bonds is 42. The van der Waals surface area contributed by atoms with Crippen LogP contribution in [0.15, 0.2) is 121 Å². The van der Waals surface area contributed by atoms with Crippen molar-refractivity contribution in [2.75, 3.05) is 81.8 Å². The summed E-state index contributed by atoms with van der Waals surface area (Å²) < 4.78 is 0. The number of halogens is 6. The normalized spacial score (nSPS) is 12.4. The first kappa shape index (κ1) is 86.5. The maximum Gasteiger partial charge on any atom is 5.00 e. The summed E-state index contributed by atoms with van der Waals surface area (Å²) in [6.07, 6.45) is 10.6. The van der Waals surface area contributed by atoms with Crippen LogP contribution in [0, 0.1) is 0 Å². The van der Waals surface area contributed by atoms with Gasteiger partial charge in [-0.3, -0.25) is 38.4 Å². The van der Waals surface area contributed by atoms with Gasteiger partial charge in [0.25, 0.3) is 0 Å². The second-order valence-electron chi connectivity index (χ2n) is 20.5. The smallest absolute Gasteiger partial charge is 1.00 e. The molecule has 0 radical (unpaired) electrons. The molecular formula is C62H78F6N6O16Sb-. The van der Waals surface area contributed by atoms with Crippen LogP contribution in [0.4, 0.5) is 45.5 Å². The fraction of sp³-hybridized carbons (Fsp3) is 0.419. The van der Waals surface area contributed by atoms with Crippen LogP contribution in [-0.2, 0) is 38.4 Å². The Kier molecular flexibility index (Phi) is 43.3. The molecule has 4 aromatic rings. The molecule has 0 saturated heterocycles. The number of hydrogen-bond acceptors (Lipinski definition) is 14. The average molecular weight is 1400 g/mol. The van der Waals surface area contributed by atoms with Gasteiger partial charge in [0.1, 0.15) is 0 Å². The Morgan fingerprint density at radius 1 is 0.242 bits per heavy atom. The van der Waals surface area contributed by atoms with Crippen molar-refractivity contribution in [3.63, 3.8) is 0 Å². The molecule has 0 bridgehead atoms. The Hall–Kier alpha value is -8.68. The van der Waals surface area contributed by atoms with Crippen molar-refractivity contribution in [2.24, 2.45) is 0 Å². The maximum absolute atomic E-state index is 11.5. The van der Waals surface area contributed by atoms with E-state index in [0.717, 1.165) is 45.5 Å².